The van der Waals surface area contributed by atoms with Crippen LogP contribution < -0.4 is 9.47 Å². The van der Waals surface area contributed by atoms with Gasteiger partial charge in [-0.05, 0) is 37.3 Å². The molecule has 2 aromatic carbocycles. The fraction of sp³-hybridized carbons (Fsp3) is 0.278. The van der Waals surface area contributed by atoms with E-state index in [1.807, 2.05) is 6.92 Å². The van der Waals surface area contributed by atoms with Gasteiger partial charge in [0.1, 0.15) is 6.61 Å². The third-order valence-electron chi connectivity index (χ3n) is 3.40. The van der Waals surface area contributed by atoms with Crippen LogP contribution in [-0.4, -0.2) is 37.8 Å². The first-order chi connectivity index (χ1) is 13.0. The van der Waals surface area contributed by atoms with Gasteiger partial charge in [0, 0.05) is 17.7 Å². The van der Waals surface area contributed by atoms with Crippen LogP contribution in [0.4, 0.5) is 5.69 Å². The van der Waals surface area contributed by atoms with Gasteiger partial charge in [0.05, 0.1) is 24.2 Å². The van der Waals surface area contributed by atoms with Crippen molar-refractivity contribution >= 4 is 23.3 Å². The van der Waals surface area contributed by atoms with Crippen LogP contribution in [0.25, 0.3) is 0 Å². The van der Waals surface area contributed by atoms with Crippen LogP contribution in [0, 0.1) is 10.1 Å². The lowest BCUT2D eigenvalue weighted by Crippen LogP contribution is -2.11. The first kappa shape index (κ1) is 20.5. The maximum atomic E-state index is 12.0. The van der Waals surface area contributed by atoms with Gasteiger partial charge in [-0.15, -0.1) is 0 Å². The molecule has 2 rings (SSSR count). The van der Waals surface area contributed by atoms with E-state index in [4.69, 9.17) is 30.5 Å². The molecule has 0 atom stereocenters. The second-order valence-electron chi connectivity index (χ2n) is 5.17. The number of hydrogen-bond acceptors (Lipinski definition) is 7. The first-order valence-corrected chi connectivity index (χ1v) is 8.38. The minimum absolute atomic E-state index is 0.00487. The Bertz CT molecular complexity index is 825. The van der Waals surface area contributed by atoms with E-state index in [-0.39, 0.29) is 40.1 Å². The van der Waals surface area contributed by atoms with Gasteiger partial charge in [-0.3, -0.25) is 10.1 Å². The first-order valence-electron chi connectivity index (χ1n) is 8.01. The van der Waals surface area contributed by atoms with Gasteiger partial charge in [-0.25, -0.2) is 4.79 Å². The molecule has 0 spiro atoms. The summed E-state index contributed by atoms with van der Waals surface area (Å²) in [5, 5.41) is 11.4. The topological polar surface area (TPSA) is 97.1 Å². The Kier molecular flexibility index (Phi) is 7.39. The predicted molar refractivity (Wildman–Crippen MR) is 97.9 cm³/mol. The lowest BCUT2D eigenvalue weighted by molar-refractivity contribution is -0.385. The maximum Gasteiger partial charge on any atom is 0.338 e. The number of halogens is 1. The van der Waals surface area contributed by atoms with E-state index in [0.717, 1.165) is 0 Å². The Balaban J connectivity index is 2.20. The molecule has 144 valence electrons. The van der Waals surface area contributed by atoms with Crippen molar-refractivity contribution in [2.24, 2.45) is 0 Å². The van der Waals surface area contributed by atoms with Crippen LogP contribution in [-0.2, 0) is 9.47 Å². The molecule has 0 saturated carbocycles. The fourth-order valence-corrected chi connectivity index (χ4v) is 2.30. The monoisotopic (exact) mass is 395 g/mol. The zero-order valence-corrected chi connectivity index (χ0v) is 15.5. The van der Waals surface area contributed by atoms with Crippen LogP contribution in [0.1, 0.15) is 17.3 Å². The van der Waals surface area contributed by atoms with Gasteiger partial charge in [-0.1, -0.05) is 11.6 Å². The summed E-state index contributed by atoms with van der Waals surface area (Å²) >= 11 is 5.79. The second kappa shape index (κ2) is 9.75. The van der Waals surface area contributed by atoms with Gasteiger partial charge < -0.3 is 18.9 Å². The molecule has 0 saturated heterocycles. The molecule has 0 fully saturated rings. The van der Waals surface area contributed by atoms with Crippen molar-refractivity contribution in [3.05, 3.63) is 57.1 Å². The molecule has 0 bridgehead atoms. The SMILES string of the molecule is CCOCCOC(=O)c1ccc(Oc2ccc(Cl)cc2[N+](=O)[O-])c(OC)c1. The number of methoxy groups -OCH3 is 1. The van der Waals surface area contributed by atoms with Crippen LogP contribution in [0.2, 0.25) is 5.02 Å². The minimum Gasteiger partial charge on any atom is -0.493 e. The molecule has 0 unspecified atom stereocenters. The van der Waals surface area contributed by atoms with E-state index in [1.54, 1.807) is 0 Å². The molecule has 0 aliphatic carbocycles. The Hall–Kier alpha value is -2.84. The molecule has 27 heavy (non-hydrogen) atoms. The molecule has 0 aliphatic rings. The van der Waals surface area contributed by atoms with Crippen molar-refractivity contribution in [1.82, 2.24) is 0 Å². The second-order valence-corrected chi connectivity index (χ2v) is 5.61. The number of hydrogen-bond donors (Lipinski definition) is 0. The highest BCUT2D eigenvalue weighted by Crippen LogP contribution is 2.37. The smallest absolute Gasteiger partial charge is 0.338 e. The van der Waals surface area contributed by atoms with E-state index >= 15 is 0 Å². The minimum atomic E-state index is -0.599. The average molecular weight is 396 g/mol. The zero-order chi connectivity index (χ0) is 19.8. The summed E-state index contributed by atoms with van der Waals surface area (Å²) < 4.78 is 21.0. The Morgan fingerprint density at radius 3 is 2.52 bits per heavy atom. The molecule has 2 aromatic rings. The zero-order valence-electron chi connectivity index (χ0n) is 14.8. The molecule has 0 heterocycles. The van der Waals surface area contributed by atoms with Crippen molar-refractivity contribution in [2.45, 2.75) is 6.92 Å². The summed E-state index contributed by atoms with van der Waals surface area (Å²) in [7, 11) is 1.39. The van der Waals surface area contributed by atoms with E-state index in [2.05, 4.69) is 0 Å². The highest BCUT2D eigenvalue weighted by molar-refractivity contribution is 6.30. The molecule has 9 heteroatoms. The van der Waals surface area contributed by atoms with E-state index in [0.29, 0.717) is 13.2 Å². The number of esters is 1. The van der Waals surface area contributed by atoms with Gasteiger partial charge in [-0.2, -0.15) is 0 Å². The number of ether oxygens (including phenoxy) is 4. The molecule has 0 aliphatic heterocycles. The van der Waals surface area contributed by atoms with Crippen LogP contribution in [0.15, 0.2) is 36.4 Å². The van der Waals surface area contributed by atoms with Crippen LogP contribution in [0.5, 0.6) is 17.2 Å². The quantitative estimate of drug-likeness (QED) is 0.271. The molecule has 8 nitrogen and oxygen atoms in total. The summed E-state index contributed by atoms with van der Waals surface area (Å²) in [5.74, 6) is -0.126. The molecule has 0 aromatic heterocycles. The van der Waals surface area contributed by atoms with E-state index in [1.165, 1.54) is 43.5 Å². The number of benzene rings is 2. The van der Waals surface area contributed by atoms with Gasteiger partial charge >= 0.3 is 11.7 Å². The fourth-order valence-electron chi connectivity index (χ4n) is 2.14. The molecular formula is C18H18ClNO7. The molecule has 0 N–H and O–H groups in total. The van der Waals surface area contributed by atoms with Crippen LogP contribution >= 0.6 is 11.6 Å². The van der Waals surface area contributed by atoms with Gasteiger partial charge in [0.15, 0.2) is 11.5 Å². The summed E-state index contributed by atoms with van der Waals surface area (Å²) in [6.45, 7) is 2.82. The largest absolute Gasteiger partial charge is 0.493 e. The average Bonchev–Trinajstić information content (AvgIpc) is 2.66. The van der Waals surface area contributed by atoms with Gasteiger partial charge in [0.2, 0.25) is 5.75 Å². The Morgan fingerprint density at radius 1 is 1.11 bits per heavy atom. The summed E-state index contributed by atoms with van der Waals surface area (Å²) in [6, 6.07) is 8.42. The van der Waals surface area contributed by atoms with Crippen molar-refractivity contribution in [3.63, 3.8) is 0 Å². The number of rotatable bonds is 9. The number of nitrogens with zero attached hydrogens (tertiary/aromatic N) is 1. The Morgan fingerprint density at radius 2 is 1.85 bits per heavy atom. The third kappa shape index (κ3) is 5.57. The van der Waals surface area contributed by atoms with Crippen molar-refractivity contribution in [3.8, 4) is 17.2 Å². The standard InChI is InChI=1S/C18H18ClNO7/c1-3-25-8-9-26-18(21)12-4-6-16(17(10-12)24-2)27-15-7-5-13(19)11-14(15)20(22)23/h4-7,10-11H,3,8-9H2,1-2H3. The maximum absolute atomic E-state index is 12.0. The van der Waals surface area contributed by atoms with Crippen molar-refractivity contribution < 1.29 is 28.7 Å². The molecule has 0 radical (unpaired) electrons. The van der Waals surface area contributed by atoms with Crippen molar-refractivity contribution in [1.29, 1.82) is 0 Å². The lowest BCUT2D eigenvalue weighted by atomic mass is 10.2. The lowest BCUT2D eigenvalue weighted by Gasteiger charge is -2.12. The summed E-state index contributed by atoms with van der Waals surface area (Å²) in [6.07, 6.45) is 0. The molecule has 0 amide bonds. The summed E-state index contributed by atoms with van der Waals surface area (Å²) in [5.41, 5.74) is -0.0368. The Labute approximate surface area is 160 Å². The number of nitro benzene ring substituents is 1. The van der Waals surface area contributed by atoms with E-state index in [9.17, 15) is 14.9 Å². The number of nitro groups is 1. The third-order valence-corrected chi connectivity index (χ3v) is 3.64. The summed E-state index contributed by atoms with van der Waals surface area (Å²) in [4.78, 5) is 22.6. The van der Waals surface area contributed by atoms with Gasteiger partial charge in [0.25, 0.3) is 0 Å². The van der Waals surface area contributed by atoms with Crippen LogP contribution in [0.3, 0.4) is 0 Å². The molecular weight excluding hydrogens is 378 g/mol. The van der Waals surface area contributed by atoms with E-state index < -0.39 is 10.9 Å². The highest BCUT2D eigenvalue weighted by atomic mass is 35.5. The predicted octanol–water partition coefficient (Wildman–Crippen LogP) is 4.24. The highest BCUT2D eigenvalue weighted by Gasteiger charge is 2.19. The normalized spacial score (nSPS) is 10.3. The number of carbonyl (C=O) groups excluding carboxylic acids is 1. The van der Waals surface area contributed by atoms with Crippen molar-refractivity contribution in [2.75, 3.05) is 26.9 Å². The number of carbonyl (C=O) groups is 1.